The number of likely N-dealkylation sites (tertiary alicyclic amines) is 1. The Kier molecular flexibility index (Phi) is 5.35. The molecule has 1 fully saturated rings. The van der Waals surface area contributed by atoms with E-state index in [-0.39, 0.29) is 11.9 Å². The van der Waals surface area contributed by atoms with E-state index in [2.05, 4.69) is 25.8 Å². The van der Waals surface area contributed by atoms with E-state index in [4.69, 9.17) is 4.74 Å². The van der Waals surface area contributed by atoms with Gasteiger partial charge in [-0.15, -0.1) is 0 Å². The summed E-state index contributed by atoms with van der Waals surface area (Å²) in [6.07, 6.45) is 1.96. The summed E-state index contributed by atoms with van der Waals surface area (Å²) < 4.78 is 5.13. The van der Waals surface area contributed by atoms with Gasteiger partial charge in [-0.2, -0.15) is 5.10 Å². The first-order valence-corrected chi connectivity index (χ1v) is 8.41. The molecule has 3 amide bonds. The number of methoxy groups -OCH3 is 1. The normalized spacial score (nSPS) is 17.8. The van der Waals surface area contributed by atoms with Gasteiger partial charge in [-0.3, -0.25) is 9.89 Å². The number of carbonyl (C=O) groups is 2. The molecule has 9 nitrogen and oxygen atoms in total. The van der Waals surface area contributed by atoms with Crippen molar-refractivity contribution in [2.45, 2.75) is 32.0 Å². The summed E-state index contributed by atoms with van der Waals surface area (Å²) in [5, 5.41) is 11.9. The Morgan fingerprint density at radius 2 is 2.19 bits per heavy atom. The molecule has 26 heavy (non-hydrogen) atoms. The van der Waals surface area contributed by atoms with E-state index in [1.54, 1.807) is 18.9 Å². The largest absolute Gasteiger partial charge is 0.497 e. The summed E-state index contributed by atoms with van der Waals surface area (Å²) >= 11 is 0. The Labute approximate surface area is 151 Å². The predicted octanol–water partition coefficient (Wildman–Crippen LogP) is 0.975. The number of nitrogens with zero attached hydrogens (tertiary/aromatic N) is 3. The van der Waals surface area contributed by atoms with Crippen molar-refractivity contribution >= 4 is 11.9 Å². The molecule has 3 N–H and O–H groups in total. The number of ether oxygens (including phenoxy) is 1. The zero-order valence-electron chi connectivity index (χ0n) is 14.7. The molecule has 3 rings (SSSR count). The summed E-state index contributed by atoms with van der Waals surface area (Å²) in [5.74, 6) is 1.25. The second-order valence-electron chi connectivity index (χ2n) is 6.16. The number of nitrogens with one attached hydrogen (secondary N) is 3. The van der Waals surface area contributed by atoms with Crippen LogP contribution in [-0.2, 0) is 11.3 Å². The zero-order valence-corrected chi connectivity index (χ0v) is 14.7. The second-order valence-corrected chi connectivity index (χ2v) is 6.16. The molecule has 1 aliphatic rings. The van der Waals surface area contributed by atoms with Gasteiger partial charge in [-0.25, -0.2) is 9.78 Å². The lowest BCUT2D eigenvalue weighted by Crippen LogP contribution is -2.46. The highest BCUT2D eigenvalue weighted by Gasteiger charge is 2.32. The number of carbonyl (C=O) groups excluding carboxylic acids is 2. The minimum atomic E-state index is -0.518. The highest BCUT2D eigenvalue weighted by atomic mass is 16.5. The van der Waals surface area contributed by atoms with Crippen LogP contribution in [-0.4, -0.2) is 51.7 Å². The number of H-pyrrole nitrogens is 1. The van der Waals surface area contributed by atoms with E-state index in [0.717, 1.165) is 11.3 Å². The van der Waals surface area contributed by atoms with Crippen molar-refractivity contribution in [3.8, 4) is 5.75 Å². The fraction of sp³-hybridized carbons (Fsp3) is 0.412. The van der Waals surface area contributed by atoms with E-state index < -0.39 is 12.1 Å². The molecule has 1 aromatic heterocycles. The molecule has 0 aliphatic carbocycles. The summed E-state index contributed by atoms with van der Waals surface area (Å²) in [4.78, 5) is 30.4. The summed E-state index contributed by atoms with van der Waals surface area (Å²) in [5.41, 5.74) is 1.02. The van der Waals surface area contributed by atoms with Crippen molar-refractivity contribution < 1.29 is 14.3 Å². The van der Waals surface area contributed by atoms with Crippen molar-refractivity contribution in [3.63, 3.8) is 0 Å². The highest BCUT2D eigenvalue weighted by Crippen LogP contribution is 2.17. The van der Waals surface area contributed by atoms with Gasteiger partial charge in [0, 0.05) is 13.1 Å². The van der Waals surface area contributed by atoms with Crippen LogP contribution in [0.2, 0.25) is 0 Å². The van der Waals surface area contributed by atoms with Gasteiger partial charge in [0.05, 0.1) is 13.2 Å². The van der Waals surface area contributed by atoms with Gasteiger partial charge in [-0.05, 0) is 31.0 Å². The van der Waals surface area contributed by atoms with Crippen LogP contribution in [0.15, 0.2) is 30.6 Å². The number of aromatic amines is 1. The van der Waals surface area contributed by atoms with E-state index in [9.17, 15) is 9.59 Å². The van der Waals surface area contributed by atoms with Crippen LogP contribution in [0.25, 0.3) is 0 Å². The first kappa shape index (κ1) is 17.7. The number of amides is 3. The van der Waals surface area contributed by atoms with Crippen molar-refractivity contribution in [1.29, 1.82) is 0 Å². The third-order valence-corrected chi connectivity index (χ3v) is 4.33. The van der Waals surface area contributed by atoms with Gasteiger partial charge in [0.25, 0.3) is 0 Å². The lowest BCUT2D eigenvalue weighted by atomic mass is 10.2. The zero-order chi connectivity index (χ0) is 18.5. The smallest absolute Gasteiger partial charge is 0.316 e. The number of hydrogen-bond acceptors (Lipinski definition) is 5. The second kappa shape index (κ2) is 7.85. The van der Waals surface area contributed by atoms with Crippen molar-refractivity contribution in [2.24, 2.45) is 0 Å². The maximum absolute atomic E-state index is 12.5. The van der Waals surface area contributed by atoms with E-state index in [1.807, 2.05) is 24.3 Å². The van der Waals surface area contributed by atoms with Gasteiger partial charge in [-0.1, -0.05) is 12.1 Å². The molecule has 0 spiro atoms. The van der Waals surface area contributed by atoms with Gasteiger partial charge >= 0.3 is 6.03 Å². The molecule has 1 aromatic carbocycles. The maximum Gasteiger partial charge on any atom is 0.316 e. The third kappa shape index (κ3) is 4.11. The molecule has 1 aliphatic heterocycles. The van der Waals surface area contributed by atoms with Gasteiger partial charge in [0.1, 0.15) is 23.9 Å². The average Bonchev–Trinajstić information content (AvgIpc) is 3.28. The van der Waals surface area contributed by atoms with Gasteiger partial charge < -0.3 is 20.3 Å². The van der Waals surface area contributed by atoms with E-state index >= 15 is 0 Å². The molecule has 9 heteroatoms. The standard InChI is InChI=1S/C17H22N6O3/c1-11(15-18-10-19-22-15)20-17(25)21-14-7-8-23(16(14)24)9-12-3-5-13(26-2)6-4-12/h3-6,10-11,14H,7-9H2,1-2H3,(H,18,19,22)(H2,20,21,25). The Morgan fingerprint density at radius 3 is 2.85 bits per heavy atom. The highest BCUT2D eigenvalue weighted by molar-refractivity contribution is 5.88. The maximum atomic E-state index is 12.5. The average molecular weight is 358 g/mol. The van der Waals surface area contributed by atoms with Crippen LogP contribution < -0.4 is 15.4 Å². The van der Waals surface area contributed by atoms with Crippen LogP contribution in [0, 0.1) is 0 Å². The number of urea groups is 1. The minimum absolute atomic E-state index is 0.0803. The van der Waals surface area contributed by atoms with Crippen molar-refractivity contribution in [1.82, 2.24) is 30.7 Å². The molecule has 2 unspecified atom stereocenters. The van der Waals surface area contributed by atoms with Crippen LogP contribution in [0.1, 0.15) is 30.8 Å². The molecule has 2 aromatic rings. The van der Waals surface area contributed by atoms with E-state index in [0.29, 0.717) is 25.3 Å². The predicted molar refractivity (Wildman–Crippen MR) is 93.3 cm³/mol. The molecule has 138 valence electrons. The van der Waals surface area contributed by atoms with Crippen LogP contribution >= 0.6 is 0 Å². The molecular formula is C17H22N6O3. The summed E-state index contributed by atoms with van der Waals surface area (Å²) in [6, 6.07) is 6.34. The Hall–Kier alpha value is -3.10. The first-order valence-electron chi connectivity index (χ1n) is 8.41. The van der Waals surface area contributed by atoms with Crippen LogP contribution in [0.4, 0.5) is 4.79 Å². The molecule has 0 radical (unpaired) electrons. The molecule has 1 saturated heterocycles. The fourth-order valence-corrected chi connectivity index (χ4v) is 2.87. The third-order valence-electron chi connectivity index (χ3n) is 4.33. The summed E-state index contributed by atoms with van der Waals surface area (Å²) in [7, 11) is 1.61. The first-order chi connectivity index (χ1) is 12.6. The monoisotopic (exact) mass is 358 g/mol. The SMILES string of the molecule is COc1ccc(CN2CCC(NC(=O)NC(C)c3ncn[nH]3)C2=O)cc1. The number of rotatable bonds is 6. The van der Waals surface area contributed by atoms with Gasteiger partial charge in [0.2, 0.25) is 5.91 Å². The Bertz CT molecular complexity index is 746. The molecule has 2 atom stereocenters. The molecule has 2 heterocycles. The number of hydrogen-bond donors (Lipinski definition) is 3. The van der Waals surface area contributed by atoms with Crippen LogP contribution in [0.3, 0.4) is 0 Å². The lowest BCUT2D eigenvalue weighted by molar-refractivity contribution is -0.129. The van der Waals surface area contributed by atoms with Crippen molar-refractivity contribution in [2.75, 3.05) is 13.7 Å². The van der Waals surface area contributed by atoms with Gasteiger partial charge in [0.15, 0.2) is 0 Å². The lowest BCUT2D eigenvalue weighted by Gasteiger charge is -2.18. The van der Waals surface area contributed by atoms with Crippen LogP contribution in [0.5, 0.6) is 5.75 Å². The quantitative estimate of drug-likeness (QED) is 0.712. The fourth-order valence-electron chi connectivity index (χ4n) is 2.87. The Morgan fingerprint density at radius 1 is 1.42 bits per heavy atom. The van der Waals surface area contributed by atoms with Crippen molar-refractivity contribution in [3.05, 3.63) is 42.0 Å². The molecule has 0 bridgehead atoms. The topological polar surface area (TPSA) is 112 Å². The number of benzene rings is 1. The molecule has 0 saturated carbocycles. The van der Waals surface area contributed by atoms with E-state index in [1.165, 1.54) is 6.33 Å². The summed E-state index contributed by atoms with van der Waals surface area (Å²) in [6.45, 7) is 2.90. The minimum Gasteiger partial charge on any atom is -0.497 e. The Balaban J connectivity index is 1.50. The number of aromatic nitrogens is 3. The molecular weight excluding hydrogens is 336 g/mol.